The highest BCUT2D eigenvalue weighted by Gasteiger charge is 2.04. The lowest BCUT2D eigenvalue weighted by Crippen LogP contribution is -2.31. The number of aliphatic hydroxyl groups excluding tert-OH is 1. The van der Waals surface area contributed by atoms with Crippen LogP contribution in [0.2, 0.25) is 0 Å². The summed E-state index contributed by atoms with van der Waals surface area (Å²) in [5, 5.41) is 13.0. The zero-order valence-corrected chi connectivity index (χ0v) is 11.5. The van der Waals surface area contributed by atoms with Gasteiger partial charge in [0.05, 0.1) is 0 Å². The van der Waals surface area contributed by atoms with Crippen molar-refractivity contribution in [2.24, 2.45) is 0 Å². The molecular formula is C15H25NO2. The van der Waals surface area contributed by atoms with Crippen LogP contribution < -0.4 is 10.1 Å². The number of aryl methyl sites for hydroxylation is 1. The highest BCUT2D eigenvalue weighted by atomic mass is 16.5. The van der Waals surface area contributed by atoms with Gasteiger partial charge in [-0.15, -0.1) is 0 Å². The van der Waals surface area contributed by atoms with E-state index in [0.717, 1.165) is 25.1 Å². The predicted octanol–water partition coefficient (Wildman–Crippen LogP) is 2.38. The molecule has 3 heteroatoms. The number of hydrogen-bond acceptors (Lipinski definition) is 3. The van der Waals surface area contributed by atoms with Crippen molar-refractivity contribution in [2.75, 3.05) is 19.7 Å². The van der Waals surface area contributed by atoms with E-state index in [9.17, 15) is 5.11 Å². The summed E-state index contributed by atoms with van der Waals surface area (Å²) in [6.07, 6.45) is 2.86. The lowest BCUT2D eigenvalue weighted by Gasteiger charge is -2.13. The van der Waals surface area contributed by atoms with E-state index in [2.05, 4.69) is 25.2 Å². The second kappa shape index (κ2) is 8.95. The van der Waals surface area contributed by atoms with Crippen LogP contribution in [0.4, 0.5) is 0 Å². The smallest absolute Gasteiger partial charge is 0.119 e. The highest BCUT2D eigenvalue weighted by Crippen LogP contribution is 2.13. The van der Waals surface area contributed by atoms with E-state index in [0.29, 0.717) is 13.2 Å². The monoisotopic (exact) mass is 251 g/mol. The van der Waals surface area contributed by atoms with Crippen molar-refractivity contribution in [3.8, 4) is 5.75 Å². The third kappa shape index (κ3) is 6.03. The van der Waals surface area contributed by atoms with Gasteiger partial charge in [0.15, 0.2) is 0 Å². The van der Waals surface area contributed by atoms with Crippen LogP contribution in [0.25, 0.3) is 0 Å². The zero-order valence-electron chi connectivity index (χ0n) is 11.5. The fourth-order valence-electron chi connectivity index (χ4n) is 1.68. The Morgan fingerprint density at radius 1 is 1.33 bits per heavy atom. The molecule has 1 atom stereocenters. The summed E-state index contributed by atoms with van der Waals surface area (Å²) in [5.41, 5.74) is 1.25. The molecule has 1 aromatic rings. The van der Waals surface area contributed by atoms with Gasteiger partial charge in [-0.1, -0.05) is 32.4 Å². The SMILES string of the molecule is CCCCNCC(O)COc1cccc(CC)c1. The van der Waals surface area contributed by atoms with Crippen LogP contribution in [0.15, 0.2) is 24.3 Å². The molecule has 0 spiro atoms. The number of nitrogens with one attached hydrogen (secondary N) is 1. The zero-order chi connectivity index (χ0) is 13.2. The molecular weight excluding hydrogens is 226 g/mol. The molecule has 0 radical (unpaired) electrons. The molecule has 0 fully saturated rings. The molecule has 102 valence electrons. The van der Waals surface area contributed by atoms with E-state index in [1.54, 1.807) is 0 Å². The first-order chi connectivity index (χ1) is 8.76. The summed E-state index contributed by atoms with van der Waals surface area (Å²) in [6, 6.07) is 8.02. The first-order valence-electron chi connectivity index (χ1n) is 6.86. The molecule has 2 N–H and O–H groups in total. The molecule has 0 bridgehead atoms. The molecule has 3 nitrogen and oxygen atoms in total. The molecule has 0 aliphatic rings. The van der Waals surface area contributed by atoms with E-state index in [-0.39, 0.29) is 0 Å². The summed E-state index contributed by atoms with van der Waals surface area (Å²) in [4.78, 5) is 0. The Kier molecular flexibility index (Phi) is 7.46. The lowest BCUT2D eigenvalue weighted by atomic mass is 10.2. The standard InChI is InChI=1S/C15H25NO2/c1-3-5-9-16-11-14(17)12-18-15-8-6-7-13(4-2)10-15/h6-8,10,14,16-17H,3-5,9,11-12H2,1-2H3. The third-order valence-electron chi connectivity index (χ3n) is 2.84. The molecule has 0 amide bonds. The predicted molar refractivity (Wildman–Crippen MR) is 75.1 cm³/mol. The Labute approximate surface area is 110 Å². The molecule has 1 unspecified atom stereocenters. The van der Waals surface area contributed by atoms with Crippen LogP contribution in [0.5, 0.6) is 5.75 Å². The van der Waals surface area contributed by atoms with Gasteiger partial charge in [0.2, 0.25) is 0 Å². The number of rotatable bonds is 9. The lowest BCUT2D eigenvalue weighted by molar-refractivity contribution is 0.106. The second-order valence-electron chi connectivity index (χ2n) is 4.52. The summed E-state index contributed by atoms with van der Waals surface area (Å²) in [5.74, 6) is 0.835. The van der Waals surface area contributed by atoms with Crippen molar-refractivity contribution >= 4 is 0 Å². The Morgan fingerprint density at radius 2 is 2.17 bits per heavy atom. The molecule has 1 aromatic carbocycles. The van der Waals surface area contributed by atoms with Crippen LogP contribution >= 0.6 is 0 Å². The maximum atomic E-state index is 9.75. The van der Waals surface area contributed by atoms with E-state index < -0.39 is 6.10 Å². The Morgan fingerprint density at radius 3 is 2.89 bits per heavy atom. The average molecular weight is 251 g/mol. The number of benzene rings is 1. The van der Waals surface area contributed by atoms with E-state index in [1.807, 2.05) is 18.2 Å². The van der Waals surface area contributed by atoms with Gasteiger partial charge in [-0.05, 0) is 37.1 Å². The average Bonchev–Trinajstić information content (AvgIpc) is 2.41. The van der Waals surface area contributed by atoms with Crippen molar-refractivity contribution in [2.45, 2.75) is 39.2 Å². The fourth-order valence-corrected chi connectivity index (χ4v) is 1.68. The molecule has 0 aromatic heterocycles. The first-order valence-corrected chi connectivity index (χ1v) is 6.86. The van der Waals surface area contributed by atoms with E-state index >= 15 is 0 Å². The Hall–Kier alpha value is -1.06. The normalized spacial score (nSPS) is 12.4. The maximum absolute atomic E-state index is 9.75. The summed E-state index contributed by atoms with van der Waals surface area (Å²) in [6.45, 7) is 6.16. The number of ether oxygens (including phenoxy) is 1. The van der Waals surface area contributed by atoms with Gasteiger partial charge >= 0.3 is 0 Å². The molecule has 0 aliphatic carbocycles. The largest absolute Gasteiger partial charge is 0.491 e. The topological polar surface area (TPSA) is 41.5 Å². The van der Waals surface area contributed by atoms with Crippen molar-refractivity contribution in [3.05, 3.63) is 29.8 Å². The highest BCUT2D eigenvalue weighted by molar-refractivity contribution is 5.28. The van der Waals surface area contributed by atoms with Gasteiger partial charge in [0.1, 0.15) is 18.5 Å². The summed E-state index contributed by atoms with van der Waals surface area (Å²) in [7, 11) is 0. The van der Waals surface area contributed by atoms with Crippen LogP contribution in [-0.4, -0.2) is 30.9 Å². The maximum Gasteiger partial charge on any atom is 0.119 e. The van der Waals surface area contributed by atoms with Gasteiger partial charge in [0.25, 0.3) is 0 Å². The fraction of sp³-hybridized carbons (Fsp3) is 0.600. The number of unbranched alkanes of at least 4 members (excludes halogenated alkanes) is 1. The van der Waals surface area contributed by atoms with Gasteiger partial charge in [-0.3, -0.25) is 0 Å². The third-order valence-corrected chi connectivity index (χ3v) is 2.84. The first kappa shape index (κ1) is 15.0. The number of aliphatic hydroxyl groups is 1. The van der Waals surface area contributed by atoms with Crippen molar-refractivity contribution in [3.63, 3.8) is 0 Å². The van der Waals surface area contributed by atoms with Crippen LogP contribution in [-0.2, 0) is 6.42 Å². The number of hydrogen-bond donors (Lipinski definition) is 2. The van der Waals surface area contributed by atoms with Gasteiger partial charge in [0, 0.05) is 6.54 Å². The molecule has 18 heavy (non-hydrogen) atoms. The summed E-state index contributed by atoms with van der Waals surface area (Å²) < 4.78 is 5.58. The molecule has 0 aliphatic heterocycles. The van der Waals surface area contributed by atoms with Crippen LogP contribution in [0.1, 0.15) is 32.3 Å². The molecule has 0 heterocycles. The second-order valence-corrected chi connectivity index (χ2v) is 4.52. The van der Waals surface area contributed by atoms with E-state index in [1.165, 1.54) is 12.0 Å². The molecule has 0 saturated carbocycles. The summed E-state index contributed by atoms with van der Waals surface area (Å²) >= 11 is 0. The minimum Gasteiger partial charge on any atom is -0.491 e. The van der Waals surface area contributed by atoms with Crippen LogP contribution in [0.3, 0.4) is 0 Å². The van der Waals surface area contributed by atoms with Crippen molar-refractivity contribution in [1.29, 1.82) is 0 Å². The van der Waals surface area contributed by atoms with E-state index in [4.69, 9.17) is 4.74 Å². The van der Waals surface area contributed by atoms with Crippen molar-refractivity contribution < 1.29 is 9.84 Å². The Balaban J connectivity index is 2.22. The minimum absolute atomic E-state index is 0.340. The van der Waals surface area contributed by atoms with Gasteiger partial charge in [-0.2, -0.15) is 0 Å². The van der Waals surface area contributed by atoms with Crippen LogP contribution in [0, 0.1) is 0 Å². The van der Waals surface area contributed by atoms with Gasteiger partial charge in [-0.25, -0.2) is 0 Å². The Bertz CT molecular complexity index is 328. The van der Waals surface area contributed by atoms with Crippen molar-refractivity contribution in [1.82, 2.24) is 5.32 Å². The van der Waals surface area contributed by atoms with Gasteiger partial charge < -0.3 is 15.2 Å². The molecule has 0 saturated heterocycles. The minimum atomic E-state index is -0.452. The quantitative estimate of drug-likeness (QED) is 0.662. The molecule has 1 rings (SSSR count).